The van der Waals surface area contributed by atoms with Gasteiger partial charge in [-0.2, -0.15) is 9.29 Å². The van der Waals surface area contributed by atoms with Crippen molar-refractivity contribution in [1.29, 1.82) is 0 Å². The Balaban J connectivity index is 0.000000187. The lowest BCUT2D eigenvalue weighted by Gasteiger charge is -2.24. The number of methoxy groups -OCH3 is 1. The molecular weight excluding hydrogens is 1850 g/mol. The van der Waals surface area contributed by atoms with Gasteiger partial charge in [0.15, 0.2) is 5.13 Å². The van der Waals surface area contributed by atoms with Gasteiger partial charge in [-0.05, 0) is 234 Å². The number of nitrogens with two attached hydrogens (primary N) is 1. The van der Waals surface area contributed by atoms with Gasteiger partial charge < -0.3 is 19.8 Å². The molecule has 0 aliphatic rings. The fourth-order valence-corrected chi connectivity index (χ4v) is 23.7. The molecule has 0 fully saturated rings. The Hall–Kier alpha value is -10.5. The van der Waals surface area contributed by atoms with Crippen molar-refractivity contribution < 1.29 is 64.8 Å². The van der Waals surface area contributed by atoms with E-state index in [0.29, 0.717) is 81.0 Å². The maximum atomic E-state index is 13.4. The van der Waals surface area contributed by atoms with Crippen molar-refractivity contribution in [2.24, 2.45) is 11.1 Å². The van der Waals surface area contributed by atoms with Crippen LogP contribution < -0.4 is 38.4 Å². The zero-order chi connectivity index (χ0) is 97.8. The number of pyridine rings is 2. The number of amides is 1. The Morgan fingerprint density at radius 3 is 1.76 bits per heavy atom. The molecule has 0 atom stereocenters. The average molecular weight is 1970 g/mol. The lowest BCUT2D eigenvalue weighted by molar-refractivity contribution is -0.116. The van der Waals surface area contributed by atoms with E-state index < -0.39 is 66.0 Å². The zero-order valence-electron chi connectivity index (χ0n) is 78.4. The summed E-state index contributed by atoms with van der Waals surface area (Å²) in [5.41, 5.74) is 14.6. The highest BCUT2D eigenvalue weighted by molar-refractivity contribution is 7.93. The number of anilines is 2. The Kier molecular flexibility index (Phi) is 37.2. The zero-order valence-corrected chi connectivity index (χ0v) is 84.9. The summed E-state index contributed by atoms with van der Waals surface area (Å²) in [6.45, 7) is 36.7. The Bertz CT molecular complexity index is 6930. The third-order valence-corrected chi connectivity index (χ3v) is 31.9. The molecule has 36 heteroatoms. The number of thiazole rings is 1. The summed E-state index contributed by atoms with van der Waals surface area (Å²) < 4.78 is 174. The molecule has 28 nitrogen and oxygen atoms in total. The molecule has 0 saturated carbocycles. The van der Waals surface area contributed by atoms with Crippen LogP contribution in [0.3, 0.4) is 0 Å². The minimum absolute atomic E-state index is 0.00943. The average Bonchev–Trinajstić information content (AvgIpc) is 1.33. The van der Waals surface area contributed by atoms with Gasteiger partial charge in [-0.15, -0.1) is 11.3 Å². The van der Waals surface area contributed by atoms with Gasteiger partial charge in [0.25, 0.3) is 10.0 Å². The smallest absolute Gasteiger partial charge is 0.266 e. The van der Waals surface area contributed by atoms with Gasteiger partial charge in [0, 0.05) is 84.1 Å². The molecular formula is C97H120ClN13O15S7. The minimum atomic E-state index is -3.85. The first kappa shape index (κ1) is 106. The van der Waals surface area contributed by atoms with Crippen molar-refractivity contribution in [1.82, 2.24) is 48.4 Å². The van der Waals surface area contributed by atoms with E-state index in [1.165, 1.54) is 67.3 Å². The predicted molar refractivity (Wildman–Crippen MR) is 531 cm³/mol. The molecule has 13 rings (SSSR count). The molecule has 712 valence electrons. The number of hydrogen-bond donors (Lipinski definition) is 6. The van der Waals surface area contributed by atoms with Crippen LogP contribution in [0, 0.1) is 61.3 Å². The van der Waals surface area contributed by atoms with Gasteiger partial charge in [-0.3, -0.25) is 14.8 Å². The third-order valence-electron chi connectivity index (χ3n) is 21.2. The van der Waals surface area contributed by atoms with Crippen molar-refractivity contribution in [3.8, 4) is 11.6 Å². The standard InChI is InChI=1S/C21H26N2O2S.C21H30N2O2S.C20H23N3O3S2.C19H21N3O5S2.C16H20ClN3O3S/c1-13-6-7-20-19(12-13)18(17(5)23-20)8-9-22-26(24,25)21-15(3)10-14(2)11-16(21)4;1-14(2)18-11-19(15(3)4)21(20(12-18)16(5)6)26(24,25)23-13-17-7-9-22-10-8-17;1-14(2)11-23(12-19(24)22-20-21-15(3)13-27-20)28(25,26)18-10-6-8-16-7-4-5-9-17(16)18;1-2-27-17-9-10-18(16-4-3-12-21-19(16)17)29(25,26)22-13-11-14-5-7-15(8-6-14)28(20,23)24;1-5-10-20(16-18-12(3)14(17)15(19-16)23-4)24(21,22)13-8-6-11(2)7-9-13/h6-7,10-12,22-23H,8-9H2,1-5H3;7-12,14-16,23H,13H2,1-6H3;4-10,13-14H,11-12H2,1-3H3,(H,21,22,24);3-10,12,22H,2,11,13H2,1H3,(H2,20,23,24);6-9H,5,10H2,1-4H3. The summed E-state index contributed by atoms with van der Waals surface area (Å²) in [6, 6.07) is 49.5. The number of H-pyrrole nitrogens is 1. The third kappa shape index (κ3) is 28.1. The molecule has 0 spiro atoms. The van der Waals surface area contributed by atoms with E-state index in [9.17, 15) is 55.3 Å². The van der Waals surface area contributed by atoms with Crippen molar-refractivity contribution in [2.75, 3.05) is 56.1 Å². The van der Waals surface area contributed by atoms with Gasteiger partial charge in [0.2, 0.25) is 67.9 Å². The number of primary sulfonamides is 1. The molecule has 0 aliphatic carbocycles. The molecule has 0 radical (unpaired) electrons. The van der Waals surface area contributed by atoms with Crippen LogP contribution in [0.1, 0.15) is 172 Å². The lowest BCUT2D eigenvalue weighted by atomic mass is 9.89. The maximum Gasteiger partial charge on any atom is 0.266 e. The molecule has 0 aliphatic heterocycles. The molecule has 0 bridgehead atoms. The number of aromatic amines is 1. The van der Waals surface area contributed by atoms with Crippen LogP contribution >= 0.6 is 22.9 Å². The van der Waals surface area contributed by atoms with Crippen LogP contribution in [-0.2, 0) is 84.3 Å². The number of nitrogens with zero attached hydrogens (tertiary/aromatic N) is 7. The van der Waals surface area contributed by atoms with Crippen LogP contribution in [-0.4, -0.2) is 137 Å². The highest BCUT2D eigenvalue weighted by Crippen LogP contribution is 2.38. The second-order valence-electron chi connectivity index (χ2n) is 33.4. The minimum Gasteiger partial charge on any atom is -0.492 e. The number of benzene rings is 8. The van der Waals surface area contributed by atoms with E-state index in [1.54, 1.807) is 98.3 Å². The highest BCUT2D eigenvalue weighted by Gasteiger charge is 2.33. The van der Waals surface area contributed by atoms with Gasteiger partial charge in [0.1, 0.15) is 16.3 Å². The van der Waals surface area contributed by atoms with Gasteiger partial charge >= 0.3 is 0 Å². The number of fused-ring (bicyclic) bond motifs is 3. The first-order valence-electron chi connectivity index (χ1n) is 43.3. The molecule has 13 aromatic rings. The van der Waals surface area contributed by atoms with E-state index in [0.717, 1.165) is 66.8 Å². The summed E-state index contributed by atoms with van der Waals surface area (Å²) >= 11 is 7.39. The van der Waals surface area contributed by atoms with E-state index in [2.05, 4.69) is 100 Å². The number of aryl methyl sites for hydroxylation is 8. The van der Waals surface area contributed by atoms with Gasteiger partial charge in [-0.25, -0.2) is 84.1 Å². The quantitative estimate of drug-likeness (QED) is 0.0222. The van der Waals surface area contributed by atoms with Crippen molar-refractivity contribution in [2.45, 2.75) is 198 Å². The number of sulfonamides is 6. The number of ether oxygens (including phenoxy) is 2. The first-order valence-corrected chi connectivity index (χ1v) is 53.5. The summed E-state index contributed by atoms with van der Waals surface area (Å²) in [6.07, 6.45) is 6.56. The second-order valence-corrected chi connectivity index (χ2v) is 45.1. The van der Waals surface area contributed by atoms with Gasteiger partial charge in [-0.1, -0.05) is 182 Å². The Morgan fingerprint density at radius 1 is 0.564 bits per heavy atom. The summed E-state index contributed by atoms with van der Waals surface area (Å²) in [5.74, 6) is 0.995. The number of rotatable bonds is 33. The molecule has 8 aromatic carbocycles. The van der Waals surface area contributed by atoms with Crippen LogP contribution in [0.2, 0.25) is 5.02 Å². The predicted octanol–water partition coefficient (Wildman–Crippen LogP) is 18.2. The largest absolute Gasteiger partial charge is 0.492 e. The topological polar surface area (TPSA) is 401 Å². The Labute approximate surface area is 793 Å². The molecule has 1 amide bonds. The SMILES string of the molecule is CC(C)c1cc(C(C)C)c(S(=O)(=O)NCc2ccncc2)c(C(C)C)c1.CCCN(c1nc(C)c(Cl)c(OC)n1)S(=O)(=O)c1ccc(C)cc1.CCOc1ccc(S(=O)(=O)NCCc2ccc(S(N)(=O)=O)cc2)c2cccnc12.Cc1cc(C)c(S(=O)(=O)NCCc2c(C)[nH]c3ccc(C)cc23)c(C)c1.Cc1csc(NC(=O)CN(CC(C)C)S(=O)(=O)c2cccc3ccccc23)n1. The van der Waals surface area contributed by atoms with Crippen LogP contribution in [0.15, 0.2) is 223 Å². The number of halogens is 1. The number of aromatic nitrogens is 6. The summed E-state index contributed by atoms with van der Waals surface area (Å²) in [7, 11) is -20.9. The van der Waals surface area contributed by atoms with Crippen LogP contribution in [0.4, 0.5) is 11.1 Å². The molecule has 133 heavy (non-hydrogen) atoms. The normalized spacial score (nSPS) is 12.0. The monoisotopic (exact) mass is 1970 g/mol. The molecule has 0 unspecified atom stereocenters. The number of nitrogens with one attached hydrogen (secondary N) is 5. The number of carbonyl (C=O) groups is 1. The lowest BCUT2D eigenvalue weighted by Crippen LogP contribution is -2.40. The molecule has 5 aromatic heterocycles. The second kappa shape index (κ2) is 46.6. The van der Waals surface area contributed by atoms with Crippen molar-refractivity contribution >= 4 is 133 Å². The fourth-order valence-electron chi connectivity index (χ4n) is 14.7. The van der Waals surface area contributed by atoms with Gasteiger partial charge in [0.05, 0.1) is 61.0 Å². The van der Waals surface area contributed by atoms with E-state index in [-0.39, 0.29) is 86.9 Å². The first-order chi connectivity index (χ1) is 62.6. The van der Waals surface area contributed by atoms with Crippen molar-refractivity contribution in [3.05, 3.63) is 277 Å². The number of carbonyl (C=O) groups excluding carboxylic acids is 1. The van der Waals surface area contributed by atoms with Crippen LogP contribution in [0.5, 0.6) is 11.6 Å². The molecule has 7 N–H and O–H groups in total. The van der Waals surface area contributed by atoms with Crippen molar-refractivity contribution in [3.63, 3.8) is 0 Å². The number of hydrogen-bond acceptors (Lipinski definition) is 21. The van der Waals surface area contributed by atoms with Crippen LogP contribution in [0.25, 0.3) is 32.6 Å². The van der Waals surface area contributed by atoms with E-state index in [4.69, 9.17) is 26.2 Å². The summed E-state index contributed by atoms with van der Waals surface area (Å²) in [4.78, 5) is 38.1. The fraction of sp³-hybridized carbons (Fsp3) is 0.340. The maximum absolute atomic E-state index is 13.4. The molecule has 5 heterocycles. The summed E-state index contributed by atoms with van der Waals surface area (Å²) in [5, 5.41) is 13.5. The Morgan fingerprint density at radius 2 is 1.17 bits per heavy atom. The van der Waals surface area contributed by atoms with E-state index >= 15 is 0 Å². The highest BCUT2D eigenvalue weighted by atomic mass is 35.5. The van der Waals surface area contributed by atoms with E-state index in [1.807, 2.05) is 151 Å². The molecule has 0 saturated heterocycles.